The van der Waals surface area contributed by atoms with Crippen molar-refractivity contribution in [1.82, 2.24) is 9.78 Å². The Morgan fingerprint density at radius 2 is 1.81 bits per heavy atom. The van der Waals surface area contributed by atoms with Gasteiger partial charge in [-0.1, -0.05) is 25.5 Å². The van der Waals surface area contributed by atoms with Crippen LogP contribution in [0.4, 0.5) is 5.69 Å². The molecule has 0 aliphatic rings. The van der Waals surface area contributed by atoms with Gasteiger partial charge in [0.2, 0.25) is 0 Å². The van der Waals surface area contributed by atoms with E-state index in [1.807, 2.05) is 6.92 Å². The summed E-state index contributed by atoms with van der Waals surface area (Å²) in [5.41, 5.74) is 0.909. The lowest BCUT2D eigenvalue weighted by Gasteiger charge is -2.08. The van der Waals surface area contributed by atoms with Crippen molar-refractivity contribution >= 4 is 29.6 Å². The molecule has 1 amide bonds. The Kier molecular flexibility index (Phi) is 9.15. The van der Waals surface area contributed by atoms with Gasteiger partial charge in [0, 0.05) is 24.4 Å². The normalized spacial score (nSPS) is 10.6. The molecule has 1 aromatic heterocycles. The first kappa shape index (κ1) is 23.5. The highest BCUT2D eigenvalue weighted by molar-refractivity contribution is 5.95. The largest absolute Gasteiger partial charge is 0.463 e. The maximum Gasteiger partial charge on any atom is 0.359 e. The summed E-state index contributed by atoms with van der Waals surface area (Å²) in [4.78, 5) is 47.2. The van der Waals surface area contributed by atoms with Gasteiger partial charge in [0.25, 0.3) is 11.5 Å². The molecular formula is C22H25N3O6. The smallest absolute Gasteiger partial charge is 0.359 e. The van der Waals surface area contributed by atoms with Gasteiger partial charge in [-0.25, -0.2) is 14.3 Å². The van der Waals surface area contributed by atoms with Crippen LogP contribution in [0.3, 0.4) is 0 Å². The third-order valence-electron chi connectivity index (χ3n) is 4.03. The average molecular weight is 427 g/mol. The Morgan fingerprint density at radius 3 is 2.48 bits per heavy atom. The molecule has 0 aliphatic heterocycles. The number of hydrogen-bond donors (Lipinski definition) is 1. The maximum atomic E-state index is 12.1. The SMILES string of the molecule is CCCCn1nc(C(=O)OCC(=O)Nc2ccc(/C=C/C(=O)OCC)cc2)ccc1=O. The van der Waals surface area contributed by atoms with Gasteiger partial charge in [-0.2, -0.15) is 5.10 Å². The van der Waals surface area contributed by atoms with E-state index in [1.54, 1.807) is 37.3 Å². The van der Waals surface area contributed by atoms with Gasteiger partial charge in [-0.3, -0.25) is 9.59 Å². The third-order valence-corrected chi connectivity index (χ3v) is 4.03. The number of carbonyl (C=O) groups is 3. The number of esters is 2. The molecule has 1 aromatic carbocycles. The number of hydrogen-bond acceptors (Lipinski definition) is 7. The summed E-state index contributed by atoms with van der Waals surface area (Å²) >= 11 is 0. The summed E-state index contributed by atoms with van der Waals surface area (Å²) in [6, 6.07) is 9.23. The van der Waals surface area contributed by atoms with Crippen LogP contribution in [0.1, 0.15) is 42.7 Å². The van der Waals surface area contributed by atoms with Crippen molar-refractivity contribution in [3.63, 3.8) is 0 Å². The number of benzene rings is 1. The van der Waals surface area contributed by atoms with E-state index in [9.17, 15) is 19.2 Å². The fraction of sp³-hybridized carbons (Fsp3) is 0.318. The van der Waals surface area contributed by atoms with Gasteiger partial charge in [-0.15, -0.1) is 0 Å². The Balaban J connectivity index is 1.87. The molecule has 0 aliphatic carbocycles. The van der Waals surface area contributed by atoms with Crippen LogP contribution < -0.4 is 10.9 Å². The molecule has 31 heavy (non-hydrogen) atoms. The number of ether oxygens (including phenoxy) is 2. The van der Waals surface area contributed by atoms with Crippen molar-refractivity contribution in [3.8, 4) is 0 Å². The first-order valence-corrected chi connectivity index (χ1v) is 9.93. The van der Waals surface area contributed by atoms with Gasteiger partial charge in [0.05, 0.1) is 6.61 Å². The van der Waals surface area contributed by atoms with Crippen LogP contribution in [0.5, 0.6) is 0 Å². The molecule has 0 saturated heterocycles. The number of aromatic nitrogens is 2. The number of carbonyl (C=O) groups excluding carboxylic acids is 3. The minimum absolute atomic E-state index is 0.0405. The molecule has 2 aromatic rings. The van der Waals surface area contributed by atoms with Gasteiger partial charge in [-0.05, 0) is 43.2 Å². The third kappa shape index (κ3) is 7.88. The lowest BCUT2D eigenvalue weighted by molar-refractivity contribution is -0.137. The van der Waals surface area contributed by atoms with E-state index in [0.29, 0.717) is 18.8 Å². The summed E-state index contributed by atoms with van der Waals surface area (Å²) in [6.45, 7) is 3.91. The highest BCUT2D eigenvalue weighted by atomic mass is 16.5. The monoisotopic (exact) mass is 427 g/mol. The highest BCUT2D eigenvalue weighted by Crippen LogP contribution is 2.11. The van der Waals surface area contributed by atoms with Crippen LogP contribution in [0.15, 0.2) is 47.3 Å². The Hall–Kier alpha value is -3.75. The number of unbranched alkanes of at least 4 members (excludes halogenated alkanes) is 1. The molecule has 1 heterocycles. The van der Waals surface area contributed by atoms with E-state index in [2.05, 4.69) is 10.4 Å². The number of nitrogens with one attached hydrogen (secondary N) is 1. The zero-order valence-electron chi connectivity index (χ0n) is 17.5. The van der Waals surface area contributed by atoms with Crippen molar-refractivity contribution in [2.45, 2.75) is 33.2 Å². The molecule has 0 atom stereocenters. The Bertz CT molecular complexity index is 995. The second-order valence-corrected chi connectivity index (χ2v) is 6.47. The summed E-state index contributed by atoms with van der Waals surface area (Å²) in [7, 11) is 0. The molecule has 1 N–H and O–H groups in total. The average Bonchev–Trinajstić information content (AvgIpc) is 2.76. The lowest BCUT2D eigenvalue weighted by Crippen LogP contribution is -2.26. The van der Waals surface area contributed by atoms with Crippen molar-refractivity contribution in [2.75, 3.05) is 18.5 Å². The number of aryl methyl sites for hydroxylation is 1. The summed E-state index contributed by atoms with van der Waals surface area (Å²) in [5.74, 6) is -1.75. The minimum Gasteiger partial charge on any atom is -0.463 e. The van der Waals surface area contributed by atoms with Crippen molar-refractivity contribution in [3.05, 3.63) is 64.1 Å². The van der Waals surface area contributed by atoms with Gasteiger partial charge >= 0.3 is 11.9 Å². The fourth-order valence-electron chi connectivity index (χ4n) is 2.46. The van der Waals surface area contributed by atoms with E-state index in [1.165, 1.54) is 22.9 Å². The number of rotatable bonds is 10. The predicted octanol–water partition coefficient (Wildman–Crippen LogP) is 2.42. The molecule has 0 saturated carbocycles. The second-order valence-electron chi connectivity index (χ2n) is 6.47. The van der Waals surface area contributed by atoms with E-state index in [-0.39, 0.29) is 11.3 Å². The zero-order chi connectivity index (χ0) is 22.6. The van der Waals surface area contributed by atoms with Crippen LogP contribution in [0.2, 0.25) is 0 Å². The molecule has 164 valence electrons. The van der Waals surface area contributed by atoms with E-state index < -0.39 is 24.5 Å². The van der Waals surface area contributed by atoms with Gasteiger partial charge in [0.15, 0.2) is 12.3 Å². The predicted molar refractivity (Wildman–Crippen MR) is 114 cm³/mol. The van der Waals surface area contributed by atoms with Gasteiger partial charge < -0.3 is 14.8 Å². The van der Waals surface area contributed by atoms with Crippen LogP contribution in [-0.4, -0.2) is 40.8 Å². The van der Waals surface area contributed by atoms with E-state index >= 15 is 0 Å². The minimum atomic E-state index is -0.792. The summed E-state index contributed by atoms with van der Waals surface area (Å²) in [5, 5.41) is 6.58. The number of nitrogens with zero attached hydrogens (tertiary/aromatic N) is 2. The first-order chi connectivity index (χ1) is 14.9. The molecule has 0 bridgehead atoms. The molecule has 0 spiro atoms. The molecule has 0 fully saturated rings. The molecule has 2 rings (SSSR count). The molecule has 9 heteroatoms. The van der Waals surface area contributed by atoms with Crippen molar-refractivity contribution in [1.29, 1.82) is 0 Å². The molecule has 9 nitrogen and oxygen atoms in total. The number of anilines is 1. The highest BCUT2D eigenvalue weighted by Gasteiger charge is 2.13. The van der Waals surface area contributed by atoms with E-state index in [4.69, 9.17) is 9.47 Å². The second kappa shape index (κ2) is 12.1. The summed E-state index contributed by atoms with van der Waals surface area (Å²) < 4.78 is 11.0. The molecule has 0 radical (unpaired) electrons. The van der Waals surface area contributed by atoms with E-state index in [0.717, 1.165) is 18.4 Å². The number of amides is 1. The van der Waals surface area contributed by atoms with Crippen LogP contribution >= 0.6 is 0 Å². The zero-order valence-corrected chi connectivity index (χ0v) is 17.5. The maximum absolute atomic E-state index is 12.1. The quantitative estimate of drug-likeness (QED) is 0.457. The Morgan fingerprint density at radius 1 is 1.06 bits per heavy atom. The van der Waals surface area contributed by atoms with Crippen molar-refractivity contribution in [2.24, 2.45) is 0 Å². The lowest BCUT2D eigenvalue weighted by atomic mass is 10.2. The molecule has 0 unspecified atom stereocenters. The van der Waals surface area contributed by atoms with Crippen molar-refractivity contribution < 1.29 is 23.9 Å². The topological polar surface area (TPSA) is 117 Å². The molecular weight excluding hydrogens is 402 g/mol. The van der Waals surface area contributed by atoms with Crippen LogP contribution in [-0.2, 0) is 25.6 Å². The van der Waals surface area contributed by atoms with Crippen LogP contribution in [0, 0.1) is 0 Å². The standard InChI is InChI=1S/C22H25N3O6/c1-3-5-14-25-20(27)12-11-18(24-25)22(29)31-15-19(26)23-17-9-6-16(7-10-17)8-13-21(28)30-4-2/h6-13H,3-5,14-15H2,1-2H3,(H,23,26)/b13-8+. The van der Waals surface area contributed by atoms with Crippen LogP contribution in [0.25, 0.3) is 6.08 Å². The first-order valence-electron chi connectivity index (χ1n) is 9.93. The summed E-state index contributed by atoms with van der Waals surface area (Å²) in [6.07, 6.45) is 4.55. The van der Waals surface area contributed by atoms with Gasteiger partial charge in [0.1, 0.15) is 0 Å². The fourth-order valence-corrected chi connectivity index (χ4v) is 2.46. The Labute approximate surface area is 179 Å².